The van der Waals surface area contributed by atoms with E-state index in [4.69, 9.17) is 4.43 Å². The zero-order chi connectivity index (χ0) is 23.4. The van der Waals surface area contributed by atoms with E-state index in [0.717, 1.165) is 38.7 Å². The van der Waals surface area contributed by atoms with Gasteiger partial charge in [-0.3, -0.25) is 0 Å². The van der Waals surface area contributed by atoms with Crippen molar-refractivity contribution >= 4 is 8.32 Å². The van der Waals surface area contributed by atoms with E-state index in [9.17, 15) is 5.11 Å². The van der Waals surface area contributed by atoms with E-state index in [2.05, 4.69) is 65.1 Å². The third-order valence-corrected chi connectivity index (χ3v) is 11.2. The Bertz CT molecular complexity index is 448. The van der Waals surface area contributed by atoms with Crippen LogP contribution in [0.3, 0.4) is 0 Å². The largest absolute Gasteiger partial charge is 0.417 e. The number of aliphatic hydroxyl groups is 1. The zero-order valence-corrected chi connectivity index (χ0v) is 23.1. The van der Waals surface area contributed by atoms with Crippen molar-refractivity contribution in [2.75, 3.05) is 6.61 Å². The van der Waals surface area contributed by atoms with Crippen LogP contribution in [0.25, 0.3) is 0 Å². The molecule has 0 spiro atoms. The van der Waals surface area contributed by atoms with Gasteiger partial charge < -0.3 is 9.53 Å². The Kier molecular flexibility index (Phi) is 18.9. The van der Waals surface area contributed by atoms with Gasteiger partial charge in [0.05, 0.1) is 6.10 Å². The molecule has 3 heteroatoms. The van der Waals surface area contributed by atoms with Gasteiger partial charge in [-0.1, -0.05) is 96.9 Å². The predicted molar refractivity (Wildman–Crippen MR) is 142 cm³/mol. The Labute approximate surface area is 197 Å². The fourth-order valence-electron chi connectivity index (χ4n) is 3.38. The van der Waals surface area contributed by atoms with Gasteiger partial charge in [0.2, 0.25) is 0 Å². The maximum absolute atomic E-state index is 10.2. The average Bonchev–Trinajstić information content (AvgIpc) is 2.70. The zero-order valence-electron chi connectivity index (χ0n) is 22.1. The molecule has 0 aliphatic rings. The van der Waals surface area contributed by atoms with Crippen LogP contribution in [0.2, 0.25) is 18.1 Å². The standard InChI is InChI=1S/C28H56O2Si/c1-7-8-9-10-11-12-13-14-15-16-17-18-19-20-21-22-24-27(29)25-23-26-30-31(5,6)28(2,3)4/h11-12,14-15,27,29H,7-10,13,16-26H2,1-6H3/b12-11-,15-14-/t27-/m0/s1. The van der Waals surface area contributed by atoms with Gasteiger partial charge in [-0.25, -0.2) is 0 Å². The Balaban J connectivity index is 3.44. The summed E-state index contributed by atoms with van der Waals surface area (Å²) in [7, 11) is -1.63. The van der Waals surface area contributed by atoms with Gasteiger partial charge in [0.1, 0.15) is 0 Å². The topological polar surface area (TPSA) is 29.5 Å². The van der Waals surface area contributed by atoms with Crippen LogP contribution in [0.5, 0.6) is 0 Å². The summed E-state index contributed by atoms with van der Waals surface area (Å²) >= 11 is 0. The highest BCUT2D eigenvalue weighted by molar-refractivity contribution is 6.74. The normalized spacial score (nSPS) is 14.2. The van der Waals surface area contributed by atoms with Gasteiger partial charge in [-0.05, 0) is 69.5 Å². The SMILES string of the molecule is CCCCC/C=C\C/C=C\CCCCCCCC[C@H](O)CCCO[Si](C)(C)C(C)(C)C. The molecule has 0 rings (SSSR count). The van der Waals surface area contributed by atoms with E-state index in [1.165, 1.54) is 64.2 Å². The highest BCUT2D eigenvalue weighted by Crippen LogP contribution is 2.36. The molecule has 0 amide bonds. The average molecular weight is 453 g/mol. The molecule has 0 fully saturated rings. The molecule has 0 heterocycles. The molecule has 0 unspecified atom stereocenters. The molecule has 0 aromatic rings. The summed E-state index contributed by atoms with van der Waals surface area (Å²) in [6, 6.07) is 0. The maximum Gasteiger partial charge on any atom is 0.191 e. The summed E-state index contributed by atoms with van der Waals surface area (Å²) in [5.41, 5.74) is 0. The van der Waals surface area contributed by atoms with Gasteiger partial charge in [0, 0.05) is 6.61 Å². The van der Waals surface area contributed by atoms with Crippen molar-refractivity contribution in [1.82, 2.24) is 0 Å². The quantitative estimate of drug-likeness (QED) is 0.113. The Morgan fingerprint density at radius 3 is 1.84 bits per heavy atom. The maximum atomic E-state index is 10.2. The van der Waals surface area contributed by atoms with Crippen molar-refractivity contribution < 1.29 is 9.53 Å². The monoisotopic (exact) mass is 452 g/mol. The first-order valence-corrected chi connectivity index (χ1v) is 16.2. The number of unbranched alkanes of at least 4 members (excludes halogenated alkanes) is 9. The second-order valence-electron chi connectivity index (χ2n) is 10.8. The number of aliphatic hydroxyl groups excluding tert-OH is 1. The van der Waals surface area contributed by atoms with E-state index in [1.54, 1.807) is 0 Å². The summed E-state index contributed by atoms with van der Waals surface area (Å²) in [4.78, 5) is 0. The lowest BCUT2D eigenvalue weighted by Crippen LogP contribution is -2.41. The van der Waals surface area contributed by atoms with E-state index >= 15 is 0 Å². The van der Waals surface area contributed by atoms with Crippen LogP contribution < -0.4 is 0 Å². The second-order valence-corrected chi connectivity index (χ2v) is 15.6. The van der Waals surface area contributed by atoms with Crippen LogP contribution in [0, 0.1) is 0 Å². The highest BCUT2D eigenvalue weighted by atomic mass is 28.4. The molecular formula is C28H56O2Si. The minimum absolute atomic E-state index is 0.145. The molecule has 0 aromatic heterocycles. The predicted octanol–water partition coefficient (Wildman–Crippen LogP) is 9.35. The number of allylic oxidation sites excluding steroid dienone is 4. The van der Waals surface area contributed by atoms with Crippen molar-refractivity contribution in [3.8, 4) is 0 Å². The van der Waals surface area contributed by atoms with Gasteiger partial charge in [0.25, 0.3) is 0 Å². The first-order valence-electron chi connectivity index (χ1n) is 13.3. The third-order valence-electron chi connectivity index (χ3n) is 6.69. The molecular weight excluding hydrogens is 396 g/mol. The van der Waals surface area contributed by atoms with Crippen LogP contribution in [-0.2, 0) is 4.43 Å². The molecule has 0 saturated carbocycles. The molecule has 1 atom stereocenters. The van der Waals surface area contributed by atoms with Crippen LogP contribution in [0.15, 0.2) is 24.3 Å². The lowest BCUT2D eigenvalue weighted by atomic mass is 10.0. The van der Waals surface area contributed by atoms with E-state index < -0.39 is 8.32 Å². The summed E-state index contributed by atoms with van der Waals surface area (Å²) in [6.07, 6.45) is 27.3. The molecule has 0 aromatic carbocycles. The lowest BCUT2D eigenvalue weighted by Gasteiger charge is -2.36. The van der Waals surface area contributed by atoms with Gasteiger partial charge in [-0.2, -0.15) is 0 Å². The van der Waals surface area contributed by atoms with Gasteiger partial charge in [-0.15, -0.1) is 0 Å². The second kappa shape index (κ2) is 19.1. The first kappa shape index (κ1) is 30.6. The van der Waals surface area contributed by atoms with Crippen molar-refractivity contribution in [2.24, 2.45) is 0 Å². The van der Waals surface area contributed by atoms with Crippen LogP contribution in [-0.4, -0.2) is 26.1 Å². The molecule has 184 valence electrons. The Hall–Kier alpha value is -0.383. The highest BCUT2D eigenvalue weighted by Gasteiger charge is 2.36. The van der Waals surface area contributed by atoms with Gasteiger partial charge >= 0.3 is 0 Å². The van der Waals surface area contributed by atoms with E-state index in [0.29, 0.717) is 0 Å². The molecule has 31 heavy (non-hydrogen) atoms. The van der Waals surface area contributed by atoms with E-state index in [-0.39, 0.29) is 11.1 Å². The van der Waals surface area contributed by atoms with Crippen LogP contribution in [0.1, 0.15) is 124 Å². The fourth-order valence-corrected chi connectivity index (χ4v) is 4.46. The molecule has 0 aliphatic carbocycles. The molecule has 0 saturated heterocycles. The fraction of sp³-hybridized carbons (Fsp3) is 0.857. The lowest BCUT2D eigenvalue weighted by molar-refractivity contribution is 0.138. The smallest absolute Gasteiger partial charge is 0.191 e. The summed E-state index contributed by atoms with van der Waals surface area (Å²) < 4.78 is 6.20. The molecule has 0 bridgehead atoms. The summed E-state index contributed by atoms with van der Waals surface area (Å²) in [6.45, 7) is 14.5. The minimum Gasteiger partial charge on any atom is -0.417 e. The van der Waals surface area contributed by atoms with Crippen LogP contribution in [0.4, 0.5) is 0 Å². The molecule has 1 N–H and O–H groups in total. The summed E-state index contributed by atoms with van der Waals surface area (Å²) in [5, 5.41) is 10.5. The molecule has 0 radical (unpaired) electrons. The van der Waals surface area contributed by atoms with Crippen LogP contribution >= 0.6 is 0 Å². The molecule has 2 nitrogen and oxygen atoms in total. The number of hydrogen-bond donors (Lipinski definition) is 1. The molecule has 0 aliphatic heterocycles. The van der Waals surface area contributed by atoms with E-state index in [1.807, 2.05) is 0 Å². The minimum atomic E-state index is -1.63. The van der Waals surface area contributed by atoms with Crippen molar-refractivity contribution in [2.45, 2.75) is 148 Å². The summed E-state index contributed by atoms with van der Waals surface area (Å²) in [5.74, 6) is 0. The first-order chi connectivity index (χ1) is 14.7. The third kappa shape index (κ3) is 18.9. The number of hydrogen-bond acceptors (Lipinski definition) is 2. The number of rotatable bonds is 20. The Morgan fingerprint density at radius 2 is 1.26 bits per heavy atom. The van der Waals surface area contributed by atoms with Crippen molar-refractivity contribution in [1.29, 1.82) is 0 Å². The van der Waals surface area contributed by atoms with Crippen molar-refractivity contribution in [3.63, 3.8) is 0 Å². The van der Waals surface area contributed by atoms with Gasteiger partial charge in [0.15, 0.2) is 8.32 Å². The van der Waals surface area contributed by atoms with Crippen molar-refractivity contribution in [3.05, 3.63) is 24.3 Å². The Morgan fingerprint density at radius 1 is 0.742 bits per heavy atom.